The molecule has 27 heavy (non-hydrogen) atoms. The van der Waals surface area contributed by atoms with E-state index >= 15 is 0 Å². The van der Waals surface area contributed by atoms with Crippen LogP contribution in [-0.4, -0.2) is 41.1 Å². The van der Waals surface area contributed by atoms with Gasteiger partial charge in [0, 0.05) is 18.7 Å². The lowest BCUT2D eigenvalue weighted by atomic mass is 10.1. The highest BCUT2D eigenvalue weighted by Crippen LogP contribution is 2.21. The molecule has 3 rings (SSSR count). The highest BCUT2D eigenvalue weighted by atomic mass is 19.1. The Balaban J connectivity index is 1.47. The van der Waals surface area contributed by atoms with Gasteiger partial charge in [0.2, 0.25) is 0 Å². The molecule has 0 unspecified atom stereocenters. The van der Waals surface area contributed by atoms with Crippen molar-refractivity contribution in [3.63, 3.8) is 0 Å². The van der Waals surface area contributed by atoms with Gasteiger partial charge in [0.15, 0.2) is 0 Å². The minimum absolute atomic E-state index is 0.186. The van der Waals surface area contributed by atoms with E-state index in [9.17, 15) is 9.18 Å². The molecular formula is C21H23FN4O. The average Bonchev–Trinajstić information content (AvgIpc) is 3.16. The molecule has 1 aromatic heterocycles. The summed E-state index contributed by atoms with van der Waals surface area (Å²) in [5.74, 6) is -0.502. The molecule has 6 heteroatoms. The molecule has 0 fully saturated rings. The number of rotatable bonds is 8. The Hall–Kier alpha value is -2.99. The van der Waals surface area contributed by atoms with Crippen LogP contribution in [0.2, 0.25) is 0 Å². The van der Waals surface area contributed by atoms with Crippen molar-refractivity contribution in [2.75, 3.05) is 20.1 Å². The van der Waals surface area contributed by atoms with Crippen molar-refractivity contribution in [2.45, 2.75) is 13.0 Å². The van der Waals surface area contributed by atoms with E-state index in [2.05, 4.69) is 39.6 Å². The van der Waals surface area contributed by atoms with Crippen molar-refractivity contribution < 1.29 is 9.18 Å². The SMILES string of the molecule is CN(CCCNC(=O)c1cn[nH]c1-c1ccc(F)cc1)Cc1ccccc1. The van der Waals surface area contributed by atoms with Gasteiger partial charge in [-0.1, -0.05) is 30.3 Å². The molecule has 1 amide bonds. The second-order valence-corrected chi connectivity index (χ2v) is 6.50. The lowest BCUT2D eigenvalue weighted by molar-refractivity contribution is 0.0952. The largest absolute Gasteiger partial charge is 0.352 e. The van der Waals surface area contributed by atoms with Crippen molar-refractivity contribution in [2.24, 2.45) is 0 Å². The maximum atomic E-state index is 13.1. The summed E-state index contributed by atoms with van der Waals surface area (Å²) < 4.78 is 13.1. The Morgan fingerprint density at radius 3 is 2.63 bits per heavy atom. The topological polar surface area (TPSA) is 61.0 Å². The number of aromatic amines is 1. The monoisotopic (exact) mass is 366 g/mol. The summed E-state index contributed by atoms with van der Waals surface area (Å²) in [5, 5.41) is 9.70. The smallest absolute Gasteiger partial charge is 0.255 e. The first-order chi connectivity index (χ1) is 13.1. The van der Waals surface area contributed by atoms with Crippen LogP contribution in [0.5, 0.6) is 0 Å². The number of carbonyl (C=O) groups is 1. The van der Waals surface area contributed by atoms with Gasteiger partial charge in [0.05, 0.1) is 17.5 Å². The molecule has 1 heterocycles. The van der Waals surface area contributed by atoms with Gasteiger partial charge < -0.3 is 10.2 Å². The van der Waals surface area contributed by atoms with E-state index in [1.165, 1.54) is 23.9 Å². The Bertz CT molecular complexity index is 861. The standard InChI is InChI=1S/C21H23FN4O/c1-26(15-16-6-3-2-4-7-16)13-5-12-23-21(27)19-14-24-25-20(19)17-8-10-18(22)11-9-17/h2-4,6-11,14H,5,12-13,15H2,1H3,(H,23,27)(H,24,25). The van der Waals surface area contributed by atoms with Gasteiger partial charge in [-0.2, -0.15) is 5.10 Å². The Morgan fingerprint density at radius 1 is 1.15 bits per heavy atom. The van der Waals surface area contributed by atoms with Crippen LogP contribution in [0, 0.1) is 5.82 Å². The fourth-order valence-electron chi connectivity index (χ4n) is 2.92. The zero-order valence-electron chi connectivity index (χ0n) is 15.3. The number of benzene rings is 2. The summed E-state index contributed by atoms with van der Waals surface area (Å²) in [6.07, 6.45) is 2.34. The molecule has 2 N–H and O–H groups in total. The molecule has 0 spiro atoms. The molecule has 3 aromatic rings. The number of amides is 1. The van der Waals surface area contributed by atoms with Crippen LogP contribution >= 0.6 is 0 Å². The van der Waals surface area contributed by atoms with Crippen LogP contribution in [-0.2, 0) is 6.54 Å². The fourth-order valence-corrected chi connectivity index (χ4v) is 2.92. The summed E-state index contributed by atoms with van der Waals surface area (Å²) in [6, 6.07) is 16.3. The first-order valence-electron chi connectivity index (χ1n) is 8.93. The number of nitrogens with one attached hydrogen (secondary N) is 2. The third kappa shape index (κ3) is 5.24. The third-order valence-electron chi connectivity index (χ3n) is 4.31. The van der Waals surface area contributed by atoms with Gasteiger partial charge in [-0.05, 0) is 49.8 Å². The minimum Gasteiger partial charge on any atom is -0.352 e. The fraction of sp³-hybridized carbons (Fsp3) is 0.238. The second kappa shape index (κ2) is 9.09. The van der Waals surface area contributed by atoms with Crippen LogP contribution in [0.1, 0.15) is 22.3 Å². The van der Waals surface area contributed by atoms with Crippen LogP contribution < -0.4 is 5.32 Å². The van der Waals surface area contributed by atoms with E-state index in [0.717, 1.165) is 25.1 Å². The molecular weight excluding hydrogens is 343 g/mol. The van der Waals surface area contributed by atoms with Crippen LogP contribution in [0.3, 0.4) is 0 Å². The molecule has 140 valence electrons. The molecule has 0 saturated heterocycles. The first-order valence-corrected chi connectivity index (χ1v) is 8.93. The number of hydrogen-bond acceptors (Lipinski definition) is 3. The molecule has 0 bridgehead atoms. The number of halogens is 1. The number of carbonyl (C=O) groups excluding carboxylic acids is 1. The third-order valence-corrected chi connectivity index (χ3v) is 4.31. The summed E-state index contributed by atoms with van der Waals surface area (Å²) >= 11 is 0. The van der Waals surface area contributed by atoms with Crippen molar-refractivity contribution in [3.05, 3.63) is 77.7 Å². The van der Waals surface area contributed by atoms with Gasteiger partial charge in [0.25, 0.3) is 5.91 Å². The lowest BCUT2D eigenvalue weighted by Crippen LogP contribution is -2.28. The second-order valence-electron chi connectivity index (χ2n) is 6.50. The molecule has 0 aliphatic carbocycles. The summed E-state index contributed by atoms with van der Waals surface area (Å²) in [4.78, 5) is 14.7. The number of hydrogen-bond donors (Lipinski definition) is 2. The van der Waals surface area contributed by atoms with Crippen molar-refractivity contribution in [3.8, 4) is 11.3 Å². The lowest BCUT2D eigenvalue weighted by Gasteiger charge is -2.16. The Labute approximate surface area is 158 Å². The highest BCUT2D eigenvalue weighted by Gasteiger charge is 2.15. The van der Waals surface area contributed by atoms with E-state index in [4.69, 9.17) is 0 Å². The van der Waals surface area contributed by atoms with Crippen LogP contribution in [0.15, 0.2) is 60.8 Å². The summed E-state index contributed by atoms with van der Waals surface area (Å²) in [5.41, 5.74) is 3.04. The maximum absolute atomic E-state index is 13.1. The van der Waals surface area contributed by atoms with Crippen molar-refractivity contribution >= 4 is 5.91 Å². The zero-order valence-corrected chi connectivity index (χ0v) is 15.3. The maximum Gasteiger partial charge on any atom is 0.255 e. The van der Waals surface area contributed by atoms with E-state index in [0.29, 0.717) is 17.8 Å². The van der Waals surface area contributed by atoms with Gasteiger partial charge >= 0.3 is 0 Å². The number of H-pyrrole nitrogens is 1. The van der Waals surface area contributed by atoms with E-state index < -0.39 is 0 Å². The van der Waals surface area contributed by atoms with Gasteiger partial charge in [-0.15, -0.1) is 0 Å². The summed E-state index contributed by atoms with van der Waals surface area (Å²) in [7, 11) is 2.07. The highest BCUT2D eigenvalue weighted by molar-refractivity contribution is 5.99. The quantitative estimate of drug-likeness (QED) is 0.600. The summed E-state index contributed by atoms with van der Waals surface area (Å²) in [6.45, 7) is 2.34. The predicted octanol–water partition coefficient (Wildman–Crippen LogP) is 3.47. The molecule has 0 radical (unpaired) electrons. The molecule has 5 nitrogen and oxygen atoms in total. The van der Waals surface area contributed by atoms with E-state index in [-0.39, 0.29) is 11.7 Å². The van der Waals surface area contributed by atoms with Gasteiger partial charge in [-0.3, -0.25) is 9.89 Å². The van der Waals surface area contributed by atoms with Gasteiger partial charge in [0.1, 0.15) is 5.82 Å². The van der Waals surface area contributed by atoms with Crippen LogP contribution in [0.4, 0.5) is 4.39 Å². The molecule has 0 aliphatic rings. The first kappa shape index (κ1) is 18.8. The number of aromatic nitrogens is 2. The van der Waals surface area contributed by atoms with E-state index in [1.54, 1.807) is 12.1 Å². The minimum atomic E-state index is -0.316. The Kier molecular flexibility index (Phi) is 6.33. The molecule has 0 saturated carbocycles. The molecule has 0 aliphatic heterocycles. The molecule has 0 atom stereocenters. The van der Waals surface area contributed by atoms with Crippen molar-refractivity contribution in [1.82, 2.24) is 20.4 Å². The average molecular weight is 366 g/mol. The zero-order chi connectivity index (χ0) is 19.1. The van der Waals surface area contributed by atoms with E-state index in [1.807, 2.05) is 18.2 Å². The number of nitrogens with zero attached hydrogens (tertiary/aromatic N) is 2. The normalized spacial score (nSPS) is 10.9. The Morgan fingerprint density at radius 2 is 1.89 bits per heavy atom. The molecule has 2 aromatic carbocycles. The van der Waals surface area contributed by atoms with Crippen LogP contribution in [0.25, 0.3) is 11.3 Å². The van der Waals surface area contributed by atoms with Crippen molar-refractivity contribution in [1.29, 1.82) is 0 Å². The van der Waals surface area contributed by atoms with Gasteiger partial charge in [-0.25, -0.2) is 4.39 Å². The predicted molar refractivity (Wildman–Crippen MR) is 104 cm³/mol.